The Morgan fingerprint density at radius 3 is 2.52 bits per heavy atom. The Labute approximate surface area is 170 Å². The number of rotatable bonds is 4. The monoisotopic (exact) mass is 401 g/mol. The number of nitrogens with zero attached hydrogens (tertiary/aromatic N) is 5. The summed E-state index contributed by atoms with van der Waals surface area (Å²) in [6.07, 6.45) is 1.29. The Balaban J connectivity index is 1.58. The maximum absolute atomic E-state index is 14.4. The summed E-state index contributed by atoms with van der Waals surface area (Å²) in [5, 5.41) is 11.2. The van der Waals surface area contributed by atoms with Crippen molar-refractivity contribution in [3.05, 3.63) is 47.9 Å². The predicted molar refractivity (Wildman–Crippen MR) is 110 cm³/mol. The zero-order valence-corrected chi connectivity index (χ0v) is 17.0. The molecule has 3 heterocycles. The number of aromatic nitrogens is 2. The lowest BCUT2D eigenvalue weighted by molar-refractivity contribution is -0.0248. The summed E-state index contributed by atoms with van der Waals surface area (Å²) in [7, 11) is 3.99. The molecule has 2 atom stereocenters. The fourth-order valence-electron chi connectivity index (χ4n) is 4.45. The highest BCUT2D eigenvalue weighted by Crippen LogP contribution is 2.38. The molecule has 2 aromatic rings. The lowest BCUT2D eigenvalue weighted by Gasteiger charge is -2.49. The normalized spacial score (nSPS) is 25.5. The van der Waals surface area contributed by atoms with Crippen molar-refractivity contribution in [2.24, 2.45) is 0 Å². The SMILES string of the molecule is CN(C)[C@]1(c2ccccc2)CCN(c2ncc(F)c(N3CCOCC3)n2)C[C@H]1O. The first kappa shape index (κ1) is 20.0. The van der Waals surface area contributed by atoms with Crippen LogP contribution in [0, 0.1) is 5.82 Å². The molecule has 7 nitrogen and oxygen atoms in total. The van der Waals surface area contributed by atoms with E-state index >= 15 is 0 Å². The number of halogens is 1. The van der Waals surface area contributed by atoms with Gasteiger partial charge in [0.05, 0.1) is 31.1 Å². The molecule has 1 N–H and O–H groups in total. The number of β-amino-alcohol motifs (C(OH)–C–C–N with tert-alkyl or cyclic N) is 1. The van der Waals surface area contributed by atoms with Crippen molar-refractivity contribution in [3.63, 3.8) is 0 Å². The van der Waals surface area contributed by atoms with Gasteiger partial charge in [-0.05, 0) is 26.1 Å². The van der Waals surface area contributed by atoms with E-state index < -0.39 is 17.5 Å². The third kappa shape index (κ3) is 3.68. The zero-order chi connectivity index (χ0) is 20.4. The molecule has 8 heteroatoms. The second-order valence-corrected chi connectivity index (χ2v) is 7.84. The van der Waals surface area contributed by atoms with E-state index in [4.69, 9.17) is 4.74 Å². The van der Waals surface area contributed by atoms with Gasteiger partial charge < -0.3 is 19.6 Å². The molecule has 0 radical (unpaired) electrons. The van der Waals surface area contributed by atoms with Gasteiger partial charge in [0, 0.05) is 26.2 Å². The molecule has 2 saturated heterocycles. The molecule has 0 spiro atoms. The molecule has 2 aliphatic rings. The quantitative estimate of drug-likeness (QED) is 0.833. The minimum absolute atomic E-state index is 0.306. The third-order valence-corrected chi connectivity index (χ3v) is 6.09. The number of hydrogen-bond donors (Lipinski definition) is 1. The van der Waals surface area contributed by atoms with E-state index in [-0.39, 0.29) is 0 Å². The summed E-state index contributed by atoms with van der Waals surface area (Å²) in [5.41, 5.74) is 0.608. The highest BCUT2D eigenvalue weighted by atomic mass is 19.1. The molecule has 0 aliphatic carbocycles. The van der Waals surface area contributed by atoms with Crippen LogP contribution in [0.2, 0.25) is 0 Å². The second kappa shape index (κ2) is 8.22. The van der Waals surface area contributed by atoms with Crippen molar-refractivity contribution in [2.45, 2.75) is 18.1 Å². The number of morpholine rings is 1. The topological polar surface area (TPSA) is 65.0 Å². The van der Waals surface area contributed by atoms with Crippen LogP contribution in [-0.4, -0.2) is 79.6 Å². The minimum Gasteiger partial charge on any atom is -0.389 e. The maximum atomic E-state index is 14.4. The van der Waals surface area contributed by atoms with Crippen LogP contribution in [0.1, 0.15) is 12.0 Å². The van der Waals surface area contributed by atoms with Crippen LogP contribution < -0.4 is 9.80 Å². The summed E-state index contributed by atoms with van der Waals surface area (Å²) in [5.74, 6) is 0.327. The first-order valence-corrected chi connectivity index (χ1v) is 10.0. The summed E-state index contributed by atoms with van der Waals surface area (Å²) < 4.78 is 19.7. The van der Waals surface area contributed by atoms with Gasteiger partial charge in [0.25, 0.3) is 0 Å². The van der Waals surface area contributed by atoms with Crippen LogP contribution in [-0.2, 0) is 10.3 Å². The van der Waals surface area contributed by atoms with Gasteiger partial charge in [0.15, 0.2) is 11.6 Å². The molecule has 1 aromatic heterocycles. The standard InChI is InChI=1S/C21H28FN5O2/c1-25(2)21(16-6-4-3-5-7-16)8-9-27(15-18(21)28)20-23-14-17(22)19(24-20)26-10-12-29-13-11-26/h3-7,14,18,28H,8-13,15H2,1-2H3/t18-,21+/m1/s1. The molecule has 0 amide bonds. The fourth-order valence-corrected chi connectivity index (χ4v) is 4.45. The highest BCUT2D eigenvalue weighted by Gasteiger charge is 2.46. The van der Waals surface area contributed by atoms with E-state index in [1.807, 2.05) is 42.1 Å². The van der Waals surface area contributed by atoms with E-state index in [0.717, 1.165) is 5.56 Å². The van der Waals surface area contributed by atoms with Crippen molar-refractivity contribution in [1.29, 1.82) is 0 Å². The van der Waals surface area contributed by atoms with Gasteiger partial charge in [-0.2, -0.15) is 4.98 Å². The summed E-state index contributed by atoms with van der Waals surface area (Å²) >= 11 is 0. The number of benzene rings is 1. The number of hydrogen-bond acceptors (Lipinski definition) is 7. The average molecular weight is 401 g/mol. The Morgan fingerprint density at radius 1 is 1.14 bits per heavy atom. The summed E-state index contributed by atoms with van der Waals surface area (Å²) in [6, 6.07) is 10.1. The Morgan fingerprint density at radius 2 is 1.86 bits per heavy atom. The Hall–Kier alpha value is -2.29. The van der Waals surface area contributed by atoms with Gasteiger partial charge in [-0.25, -0.2) is 9.37 Å². The molecule has 0 saturated carbocycles. The predicted octanol–water partition coefficient (Wildman–Crippen LogP) is 1.48. The maximum Gasteiger partial charge on any atom is 0.227 e. The number of aliphatic hydroxyl groups excluding tert-OH is 1. The molecule has 1 aromatic carbocycles. The van der Waals surface area contributed by atoms with E-state index in [9.17, 15) is 9.50 Å². The van der Waals surface area contributed by atoms with Gasteiger partial charge in [-0.15, -0.1) is 0 Å². The van der Waals surface area contributed by atoms with E-state index in [0.29, 0.717) is 57.6 Å². The Bertz CT molecular complexity index is 831. The molecule has 4 rings (SSSR count). The lowest BCUT2D eigenvalue weighted by Crippen LogP contribution is -2.60. The second-order valence-electron chi connectivity index (χ2n) is 7.84. The summed E-state index contributed by atoms with van der Waals surface area (Å²) in [4.78, 5) is 14.6. The third-order valence-electron chi connectivity index (χ3n) is 6.09. The van der Waals surface area contributed by atoms with Crippen LogP contribution in [0.15, 0.2) is 36.5 Å². The van der Waals surface area contributed by atoms with E-state index in [1.54, 1.807) is 0 Å². The number of piperidine rings is 1. The zero-order valence-electron chi connectivity index (χ0n) is 17.0. The molecule has 156 valence electrons. The van der Waals surface area contributed by atoms with E-state index in [2.05, 4.69) is 27.0 Å². The fraction of sp³-hybridized carbons (Fsp3) is 0.524. The highest BCUT2D eigenvalue weighted by molar-refractivity contribution is 5.46. The molecule has 0 unspecified atom stereocenters. The van der Waals surface area contributed by atoms with Gasteiger partial charge >= 0.3 is 0 Å². The van der Waals surface area contributed by atoms with Gasteiger partial charge in [0.2, 0.25) is 5.95 Å². The minimum atomic E-state index is -0.644. The summed E-state index contributed by atoms with van der Waals surface area (Å²) in [6.45, 7) is 3.37. The van der Waals surface area contributed by atoms with Crippen LogP contribution in [0.4, 0.5) is 16.2 Å². The Kier molecular flexibility index (Phi) is 5.67. The van der Waals surface area contributed by atoms with Crippen molar-refractivity contribution >= 4 is 11.8 Å². The van der Waals surface area contributed by atoms with Gasteiger partial charge in [-0.3, -0.25) is 4.90 Å². The molecule has 2 fully saturated rings. The van der Waals surface area contributed by atoms with Crippen LogP contribution in [0.5, 0.6) is 0 Å². The molecule has 29 heavy (non-hydrogen) atoms. The average Bonchev–Trinajstić information content (AvgIpc) is 2.75. The van der Waals surface area contributed by atoms with Gasteiger partial charge in [-0.1, -0.05) is 30.3 Å². The molecular weight excluding hydrogens is 373 g/mol. The van der Waals surface area contributed by atoms with Crippen molar-refractivity contribution in [1.82, 2.24) is 14.9 Å². The first-order valence-electron chi connectivity index (χ1n) is 10.0. The van der Waals surface area contributed by atoms with E-state index in [1.165, 1.54) is 6.20 Å². The van der Waals surface area contributed by atoms with Gasteiger partial charge in [0.1, 0.15) is 0 Å². The number of aliphatic hydroxyl groups is 1. The van der Waals surface area contributed by atoms with Crippen LogP contribution in [0.25, 0.3) is 0 Å². The van der Waals surface area contributed by atoms with Crippen molar-refractivity contribution < 1.29 is 14.2 Å². The smallest absolute Gasteiger partial charge is 0.227 e. The lowest BCUT2D eigenvalue weighted by atomic mass is 9.77. The van der Waals surface area contributed by atoms with Crippen molar-refractivity contribution in [2.75, 3.05) is 63.3 Å². The number of ether oxygens (including phenoxy) is 1. The first-order chi connectivity index (χ1) is 14.0. The van der Waals surface area contributed by atoms with Crippen molar-refractivity contribution in [3.8, 4) is 0 Å². The molecule has 0 bridgehead atoms. The van der Waals surface area contributed by atoms with Crippen LogP contribution >= 0.6 is 0 Å². The number of likely N-dealkylation sites (N-methyl/N-ethyl adjacent to an activating group) is 1. The molecule has 2 aliphatic heterocycles. The largest absolute Gasteiger partial charge is 0.389 e. The number of anilines is 2. The molecular formula is C21H28FN5O2. The van der Waals surface area contributed by atoms with Crippen LogP contribution in [0.3, 0.4) is 0 Å².